The number of ether oxygens (including phenoxy) is 1. The Hall–Kier alpha value is -1.49. The van der Waals surface area contributed by atoms with Gasteiger partial charge in [-0.2, -0.15) is 0 Å². The molecular formula is C25H34O4. The maximum absolute atomic E-state index is 14.0. The molecular weight excluding hydrogens is 364 g/mol. The standard InChI is InChI=1S/C25H34O4/c1-17-22-19(16-26)15-24(25(22,28)29-3,23(17,2)20-11-7-8-12-20)21(27)14-13-18-9-5-4-6-10-18/h4-6,9-10,19-20,22,26,28H,1,7-8,11-16H2,2-3H3/t19-,22+,23+,24-,25+/m1/s1. The zero-order valence-corrected chi connectivity index (χ0v) is 17.7. The van der Waals surface area contributed by atoms with Gasteiger partial charge in [0.05, 0.1) is 5.41 Å². The summed E-state index contributed by atoms with van der Waals surface area (Å²) >= 11 is 0. The molecule has 0 amide bonds. The van der Waals surface area contributed by atoms with Crippen molar-refractivity contribution < 1.29 is 19.7 Å². The number of Topliss-reactive ketones (excluding diaryl/α,β-unsaturated/α-hetero) is 1. The number of carbonyl (C=O) groups is 1. The minimum Gasteiger partial charge on any atom is -0.396 e. The van der Waals surface area contributed by atoms with E-state index in [1.54, 1.807) is 0 Å². The number of aliphatic hydroxyl groups is 2. The van der Waals surface area contributed by atoms with Gasteiger partial charge in [0.15, 0.2) is 5.79 Å². The first-order valence-electron chi connectivity index (χ1n) is 11.0. The Kier molecular flexibility index (Phi) is 5.25. The molecule has 0 spiro atoms. The maximum Gasteiger partial charge on any atom is 0.185 e. The molecule has 4 nitrogen and oxygen atoms in total. The van der Waals surface area contributed by atoms with Crippen LogP contribution in [0.5, 0.6) is 0 Å². The predicted molar refractivity (Wildman–Crippen MR) is 112 cm³/mol. The number of ketones is 1. The van der Waals surface area contributed by atoms with Crippen LogP contribution in [0, 0.1) is 28.6 Å². The predicted octanol–water partition coefficient (Wildman–Crippen LogP) is 3.90. The lowest BCUT2D eigenvalue weighted by atomic mass is 9.52. The van der Waals surface area contributed by atoms with Crippen molar-refractivity contribution in [2.24, 2.45) is 28.6 Å². The molecule has 3 fully saturated rings. The summed E-state index contributed by atoms with van der Waals surface area (Å²) in [4.78, 5) is 14.0. The number of aliphatic hydroxyl groups excluding tert-OH is 1. The van der Waals surface area contributed by atoms with Gasteiger partial charge in [-0.1, -0.05) is 62.2 Å². The van der Waals surface area contributed by atoms with Crippen LogP contribution in [0.2, 0.25) is 0 Å². The summed E-state index contributed by atoms with van der Waals surface area (Å²) in [5.74, 6) is -1.81. The number of fused-ring (bicyclic) bond motifs is 2. The largest absolute Gasteiger partial charge is 0.396 e. The monoisotopic (exact) mass is 398 g/mol. The molecule has 29 heavy (non-hydrogen) atoms. The third-order valence-corrected chi connectivity index (χ3v) is 8.68. The van der Waals surface area contributed by atoms with Gasteiger partial charge in [-0.15, -0.1) is 0 Å². The van der Waals surface area contributed by atoms with Gasteiger partial charge in [-0.3, -0.25) is 4.79 Å². The van der Waals surface area contributed by atoms with Crippen LogP contribution in [0.25, 0.3) is 0 Å². The fourth-order valence-corrected chi connectivity index (χ4v) is 7.25. The smallest absolute Gasteiger partial charge is 0.185 e. The molecule has 1 aromatic rings. The summed E-state index contributed by atoms with van der Waals surface area (Å²) in [7, 11) is 1.50. The summed E-state index contributed by atoms with van der Waals surface area (Å²) in [6, 6.07) is 10.0. The van der Waals surface area contributed by atoms with Gasteiger partial charge in [0, 0.05) is 31.5 Å². The van der Waals surface area contributed by atoms with E-state index < -0.39 is 22.5 Å². The van der Waals surface area contributed by atoms with Gasteiger partial charge in [-0.25, -0.2) is 0 Å². The number of hydrogen-bond acceptors (Lipinski definition) is 4. The van der Waals surface area contributed by atoms with E-state index in [0.717, 1.165) is 36.8 Å². The molecule has 0 aromatic heterocycles. The van der Waals surface area contributed by atoms with Gasteiger partial charge in [0.25, 0.3) is 0 Å². The molecule has 4 rings (SSSR count). The molecule has 4 heteroatoms. The minimum atomic E-state index is -1.59. The first kappa shape index (κ1) is 20.8. The number of benzene rings is 1. The number of aryl methyl sites for hydroxylation is 1. The van der Waals surface area contributed by atoms with Gasteiger partial charge in [-0.05, 0) is 43.1 Å². The van der Waals surface area contributed by atoms with E-state index in [1.807, 2.05) is 30.3 Å². The van der Waals surface area contributed by atoms with E-state index in [1.165, 1.54) is 7.11 Å². The number of methoxy groups -OCH3 is 1. The van der Waals surface area contributed by atoms with Gasteiger partial charge >= 0.3 is 0 Å². The van der Waals surface area contributed by atoms with Crippen molar-refractivity contribution in [3.05, 3.63) is 48.0 Å². The molecule has 3 saturated carbocycles. The minimum absolute atomic E-state index is 0.0553. The van der Waals surface area contributed by atoms with Crippen molar-refractivity contribution in [2.75, 3.05) is 13.7 Å². The van der Waals surface area contributed by atoms with Crippen LogP contribution < -0.4 is 0 Å². The molecule has 2 bridgehead atoms. The molecule has 0 radical (unpaired) electrons. The fraction of sp³-hybridized carbons (Fsp3) is 0.640. The molecule has 2 N–H and O–H groups in total. The lowest BCUT2D eigenvalue weighted by Gasteiger charge is -2.51. The molecule has 0 saturated heterocycles. The second kappa shape index (κ2) is 7.33. The highest BCUT2D eigenvalue weighted by Gasteiger charge is 2.81. The Bertz CT molecular complexity index is 783. The molecule has 0 aliphatic heterocycles. The third kappa shape index (κ3) is 2.58. The van der Waals surface area contributed by atoms with Crippen LogP contribution in [-0.2, 0) is 16.0 Å². The first-order chi connectivity index (χ1) is 13.9. The van der Waals surface area contributed by atoms with Crippen molar-refractivity contribution in [2.45, 2.75) is 57.7 Å². The Balaban J connectivity index is 1.77. The summed E-state index contributed by atoms with van der Waals surface area (Å²) in [5, 5.41) is 21.9. The summed E-state index contributed by atoms with van der Waals surface area (Å²) in [6.07, 6.45) is 5.89. The van der Waals surface area contributed by atoms with Crippen molar-refractivity contribution in [3.8, 4) is 0 Å². The fourth-order valence-electron chi connectivity index (χ4n) is 7.25. The lowest BCUT2D eigenvalue weighted by Crippen LogP contribution is -2.57. The molecule has 0 unspecified atom stereocenters. The van der Waals surface area contributed by atoms with Crippen LogP contribution in [0.1, 0.15) is 51.0 Å². The van der Waals surface area contributed by atoms with E-state index in [9.17, 15) is 15.0 Å². The highest BCUT2D eigenvalue weighted by atomic mass is 16.6. The Morgan fingerprint density at radius 1 is 1.24 bits per heavy atom. The van der Waals surface area contributed by atoms with Gasteiger partial charge in [0.1, 0.15) is 5.78 Å². The van der Waals surface area contributed by atoms with Crippen LogP contribution in [0.15, 0.2) is 42.5 Å². The molecule has 3 aliphatic carbocycles. The molecule has 0 heterocycles. The Morgan fingerprint density at radius 3 is 2.48 bits per heavy atom. The molecule has 1 aromatic carbocycles. The summed E-state index contributed by atoms with van der Waals surface area (Å²) in [5.41, 5.74) is 0.476. The number of hydrogen-bond donors (Lipinski definition) is 2. The van der Waals surface area contributed by atoms with Crippen LogP contribution in [0.4, 0.5) is 0 Å². The van der Waals surface area contributed by atoms with Crippen molar-refractivity contribution in [1.29, 1.82) is 0 Å². The molecule has 5 atom stereocenters. The van der Waals surface area contributed by atoms with Gasteiger partial charge < -0.3 is 14.9 Å². The van der Waals surface area contributed by atoms with E-state index >= 15 is 0 Å². The highest BCUT2D eigenvalue weighted by molar-refractivity contribution is 5.90. The lowest BCUT2D eigenvalue weighted by molar-refractivity contribution is -0.258. The SMILES string of the molecule is C=C1[C@H]2[C@@H](CO)C[C@@](C(=O)CCc3ccccc3)([C@]1(C)C1CCCC1)[C@@]2(O)OC. The average Bonchev–Trinajstić information content (AvgIpc) is 3.40. The number of carbonyl (C=O) groups excluding carboxylic acids is 1. The second-order valence-electron chi connectivity index (χ2n) is 9.55. The highest BCUT2D eigenvalue weighted by Crippen LogP contribution is 2.76. The quantitative estimate of drug-likeness (QED) is 0.540. The van der Waals surface area contributed by atoms with Crippen molar-refractivity contribution in [3.63, 3.8) is 0 Å². The number of rotatable bonds is 7. The molecule has 158 valence electrons. The maximum atomic E-state index is 14.0. The van der Waals surface area contributed by atoms with Crippen LogP contribution in [-0.4, -0.2) is 35.5 Å². The Morgan fingerprint density at radius 2 is 1.90 bits per heavy atom. The topological polar surface area (TPSA) is 66.8 Å². The third-order valence-electron chi connectivity index (χ3n) is 8.68. The zero-order chi connectivity index (χ0) is 20.9. The van der Waals surface area contributed by atoms with Gasteiger partial charge in [0.2, 0.25) is 0 Å². The zero-order valence-electron chi connectivity index (χ0n) is 17.7. The van der Waals surface area contributed by atoms with Crippen LogP contribution >= 0.6 is 0 Å². The first-order valence-corrected chi connectivity index (χ1v) is 11.0. The van der Waals surface area contributed by atoms with Crippen molar-refractivity contribution in [1.82, 2.24) is 0 Å². The second-order valence-corrected chi connectivity index (χ2v) is 9.55. The van der Waals surface area contributed by atoms with E-state index in [2.05, 4.69) is 13.5 Å². The normalized spacial score (nSPS) is 39.4. The van der Waals surface area contributed by atoms with E-state index in [4.69, 9.17) is 4.74 Å². The summed E-state index contributed by atoms with van der Waals surface area (Å²) in [6.45, 7) is 6.50. The van der Waals surface area contributed by atoms with Crippen molar-refractivity contribution >= 4 is 5.78 Å². The van der Waals surface area contributed by atoms with E-state index in [0.29, 0.717) is 25.2 Å². The van der Waals surface area contributed by atoms with E-state index in [-0.39, 0.29) is 18.3 Å². The summed E-state index contributed by atoms with van der Waals surface area (Å²) < 4.78 is 5.78. The van der Waals surface area contributed by atoms with Crippen LogP contribution in [0.3, 0.4) is 0 Å². The molecule has 3 aliphatic rings. The Labute approximate surface area is 174 Å². The average molecular weight is 399 g/mol.